The van der Waals surface area contributed by atoms with E-state index >= 15 is 0 Å². The third kappa shape index (κ3) is 6.29. The molecule has 0 spiro atoms. The van der Waals surface area contributed by atoms with Crippen molar-refractivity contribution in [2.24, 2.45) is 0 Å². The van der Waals surface area contributed by atoms with Crippen molar-refractivity contribution >= 4 is 19.0 Å². The fraction of sp³-hybridized carbons (Fsp3) is 0.192. The number of phosphoric acid groups is 1. The van der Waals surface area contributed by atoms with Crippen LogP contribution in [-0.4, -0.2) is 34.2 Å². The first kappa shape index (κ1) is 27.5. The van der Waals surface area contributed by atoms with E-state index in [1.54, 1.807) is 48.8 Å². The van der Waals surface area contributed by atoms with Gasteiger partial charge in [0.1, 0.15) is 6.07 Å². The predicted octanol–water partition coefficient (Wildman–Crippen LogP) is 5.11. The summed E-state index contributed by atoms with van der Waals surface area (Å²) in [5.74, 6) is 0.276. The number of hydrogen-bond donors (Lipinski definition) is 3. The summed E-state index contributed by atoms with van der Waals surface area (Å²) in [5.41, 5.74) is 5.60. The van der Waals surface area contributed by atoms with Crippen LogP contribution in [0.15, 0.2) is 66.3 Å². The smallest absolute Gasteiger partial charge is 0.358 e. The molecule has 0 bridgehead atoms. The van der Waals surface area contributed by atoms with Crippen LogP contribution in [0.5, 0.6) is 0 Å². The molecule has 0 amide bonds. The van der Waals surface area contributed by atoms with E-state index in [-0.39, 0.29) is 11.5 Å². The minimum atomic E-state index is -4.78. The van der Waals surface area contributed by atoms with Crippen LogP contribution in [0.4, 0.5) is 5.69 Å². The number of fused-ring (bicyclic) bond motifs is 1. The zero-order valence-corrected chi connectivity index (χ0v) is 22.5. The van der Waals surface area contributed by atoms with Gasteiger partial charge in [-0.05, 0) is 56.0 Å². The van der Waals surface area contributed by atoms with Gasteiger partial charge in [-0.25, -0.2) is 18.7 Å². The monoisotopic (exact) mass is 545 g/mol. The predicted molar refractivity (Wildman–Crippen MR) is 146 cm³/mol. The summed E-state index contributed by atoms with van der Waals surface area (Å²) in [6.45, 7) is 12.2. The van der Waals surface area contributed by atoms with Gasteiger partial charge >= 0.3 is 13.5 Å². The molecule has 4 aromatic heterocycles. The molecule has 0 aliphatic heterocycles. The Morgan fingerprint density at radius 1 is 1.28 bits per heavy atom. The van der Waals surface area contributed by atoms with E-state index < -0.39 is 13.9 Å². The van der Waals surface area contributed by atoms with Gasteiger partial charge in [0.05, 0.1) is 35.4 Å². The van der Waals surface area contributed by atoms with Gasteiger partial charge < -0.3 is 15.1 Å². The summed E-state index contributed by atoms with van der Waals surface area (Å²) in [4.78, 5) is 27.1. The molecule has 1 unspecified atom stereocenters. The highest BCUT2D eigenvalue weighted by atomic mass is 31.2. The molecule has 198 valence electrons. The summed E-state index contributed by atoms with van der Waals surface area (Å²) in [5, 5.41) is 21.4. The van der Waals surface area contributed by atoms with Crippen LogP contribution >= 0.6 is 7.82 Å². The van der Waals surface area contributed by atoms with Crippen molar-refractivity contribution in [3.05, 3.63) is 88.1 Å². The average Bonchev–Trinajstić information content (AvgIpc) is 3.48. The molecule has 3 N–H and O–H groups in total. The summed E-state index contributed by atoms with van der Waals surface area (Å²) in [6, 6.07) is 10.8. The van der Waals surface area contributed by atoms with Gasteiger partial charge in [-0.15, -0.1) is 0 Å². The number of rotatable bonds is 8. The Balaban J connectivity index is 1.75. The van der Waals surface area contributed by atoms with Crippen molar-refractivity contribution in [2.45, 2.75) is 33.8 Å². The van der Waals surface area contributed by atoms with Gasteiger partial charge in [0.25, 0.3) is 6.57 Å². The Bertz CT molecular complexity index is 1750. The summed E-state index contributed by atoms with van der Waals surface area (Å²) >= 11 is 0. The zero-order valence-electron chi connectivity index (χ0n) is 21.6. The number of allylic oxidation sites excluding steroid dienone is 4. The minimum Gasteiger partial charge on any atom is -0.358 e. The number of hydrogen-bond acceptors (Lipinski definition) is 7. The standard InChI is InChI=1S/C26H25N8O4P/c1-16(28-5)6-7-17(2)30-20-8-11-25-23(14-29-33(25)15-20)24-10-9-22(19(4)38-39(35,36)37)26(31-24)34-18(3)12-21(13-27)32-34/h5-12,14-15,19,30H,1-4H3,(H-,35,36,37)/p+1/b16-6-,17-7+. The van der Waals surface area contributed by atoms with Gasteiger partial charge in [-0.1, -0.05) is 6.07 Å². The molecule has 1 atom stereocenters. The number of anilines is 1. The van der Waals surface area contributed by atoms with Crippen molar-refractivity contribution < 1.29 is 18.9 Å². The van der Waals surface area contributed by atoms with Crippen LogP contribution in [0.2, 0.25) is 0 Å². The molecule has 0 aliphatic rings. The molecule has 0 saturated heterocycles. The van der Waals surface area contributed by atoms with Crippen molar-refractivity contribution in [1.82, 2.24) is 24.4 Å². The molecule has 4 rings (SSSR count). The molecule has 39 heavy (non-hydrogen) atoms. The summed E-state index contributed by atoms with van der Waals surface area (Å²) < 4.78 is 19.6. The van der Waals surface area contributed by atoms with Crippen molar-refractivity contribution in [2.75, 3.05) is 5.32 Å². The normalized spacial score (nSPS) is 13.2. The van der Waals surface area contributed by atoms with Crippen molar-refractivity contribution in [1.29, 1.82) is 5.26 Å². The molecule has 0 aliphatic carbocycles. The zero-order chi connectivity index (χ0) is 28.3. The quantitative estimate of drug-likeness (QED) is 0.202. The number of phosphoric ester groups is 1. The van der Waals surface area contributed by atoms with Gasteiger partial charge in [0.15, 0.2) is 11.5 Å². The third-order valence-electron chi connectivity index (χ3n) is 5.75. The van der Waals surface area contributed by atoms with E-state index in [0.29, 0.717) is 22.6 Å². The van der Waals surface area contributed by atoms with Crippen LogP contribution in [0, 0.1) is 24.8 Å². The van der Waals surface area contributed by atoms with E-state index in [1.807, 2.05) is 37.4 Å². The molecule has 0 saturated carbocycles. The first-order valence-corrected chi connectivity index (χ1v) is 13.2. The highest BCUT2D eigenvalue weighted by Gasteiger charge is 2.25. The van der Waals surface area contributed by atoms with E-state index in [1.165, 1.54) is 11.6 Å². The Hall–Kier alpha value is -4.58. The second-order valence-corrected chi connectivity index (χ2v) is 9.95. The minimum absolute atomic E-state index is 0.178. The molecule has 13 heteroatoms. The fourth-order valence-electron chi connectivity index (χ4n) is 3.92. The highest BCUT2D eigenvalue weighted by Crippen LogP contribution is 2.43. The lowest BCUT2D eigenvalue weighted by Gasteiger charge is -2.18. The van der Waals surface area contributed by atoms with Crippen LogP contribution in [0.1, 0.15) is 43.8 Å². The van der Waals surface area contributed by atoms with Crippen LogP contribution in [0.3, 0.4) is 0 Å². The molecule has 0 radical (unpaired) electrons. The largest absolute Gasteiger partial charge is 0.470 e. The average molecular weight is 546 g/mol. The summed E-state index contributed by atoms with van der Waals surface area (Å²) in [6.07, 6.45) is 6.16. The maximum atomic E-state index is 11.5. The van der Waals surface area contributed by atoms with E-state index in [9.17, 15) is 19.6 Å². The van der Waals surface area contributed by atoms with Gasteiger partial charge in [-0.2, -0.15) is 15.5 Å². The van der Waals surface area contributed by atoms with Crippen molar-refractivity contribution in [3.8, 4) is 29.7 Å². The highest BCUT2D eigenvalue weighted by molar-refractivity contribution is 7.46. The number of nitrogens with one attached hydrogen (secondary N) is 1. The van der Waals surface area contributed by atoms with Crippen molar-refractivity contribution in [3.63, 3.8) is 0 Å². The Morgan fingerprint density at radius 3 is 2.72 bits per heavy atom. The summed E-state index contributed by atoms with van der Waals surface area (Å²) in [7, 11) is -4.78. The molecule has 12 nitrogen and oxygen atoms in total. The van der Waals surface area contributed by atoms with Gasteiger partial charge in [0.2, 0.25) is 0 Å². The molecule has 4 heterocycles. The number of pyridine rings is 2. The third-order valence-corrected chi connectivity index (χ3v) is 6.34. The van der Waals surface area contributed by atoms with Gasteiger partial charge in [-0.3, -0.25) is 4.52 Å². The first-order chi connectivity index (χ1) is 18.5. The maximum absolute atomic E-state index is 11.5. The van der Waals surface area contributed by atoms with E-state index in [0.717, 1.165) is 22.5 Å². The SMILES string of the molecule is C#[N+]/C(C)=C\C=C(/C)Nc1ccc2c(-c3ccc(C(C)OP(=O)(O)O)c(-n4nc(C#N)cc4C)n3)cnn2c1. The second kappa shape index (κ2) is 11.0. The molecule has 0 aromatic carbocycles. The lowest BCUT2D eigenvalue weighted by Crippen LogP contribution is -2.10. The molecule has 0 fully saturated rings. The number of nitrogens with zero attached hydrogens (tertiary/aromatic N) is 7. The van der Waals surface area contributed by atoms with Crippen LogP contribution < -0.4 is 5.32 Å². The second-order valence-electron chi connectivity index (χ2n) is 8.76. The Labute approximate surface area is 224 Å². The first-order valence-electron chi connectivity index (χ1n) is 11.7. The van der Waals surface area contributed by atoms with Crippen LogP contribution in [-0.2, 0) is 9.09 Å². The topological polar surface area (TPSA) is 155 Å². The maximum Gasteiger partial charge on any atom is 0.470 e. The molecular formula is C26H26N8O4P+. The number of aryl methyl sites for hydroxylation is 1. The van der Waals surface area contributed by atoms with Crippen LogP contribution in [0.25, 0.3) is 27.4 Å². The number of aromatic nitrogens is 5. The number of nitriles is 1. The van der Waals surface area contributed by atoms with E-state index in [2.05, 4.69) is 20.4 Å². The lowest BCUT2D eigenvalue weighted by atomic mass is 10.1. The molecule has 4 aromatic rings. The Kier molecular flexibility index (Phi) is 7.77. The lowest BCUT2D eigenvalue weighted by molar-refractivity contribution is 0.145. The fourth-order valence-corrected chi connectivity index (χ4v) is 4.44. The Morgan fingerprint density at radius 2 is 2.05 bits per heavy atom. The van der Waals surface area contributed by atoms with E-state index in [4.69, 9.17) is 16.1 Å². The van der Waals surface area contributed by atoms with Gasteiger partial charge in [0, 0.05) is 35.5 Å². The molecular weight excluding hydrogens is 519 g/mol.